The molecule has 0 spiro atoms. The van der Waals surface area contributed by atoms with Crippen LogP contribution in [0, 0.1) is 20.8 Å². The smallest absolute Gasteiger partial charge is 0.234 e. The van der Waals surface area contributed by atoms with E-state index in [1.807, 2.05) is 18.4 Å². The molecule has 23 heavy (non-hydrogen) atoms. The Bertz CT molecular complexity index is 728. The van der Waals surface area contributed by atoms with Gasteiger partial charge < -0.3 is 11.1 Å². The molecule has 1 aromatic carbocycles. The van der Waals surface area contributed by atoms with E-state index < -0.39 is 0 Å². The first-order valence-corrected chi connectivity index (χ1v) is 8.65. The molecule has 3 rings (SSSR count). The van der Waals surface area contributed by atoms with Crippen LogP contribution in [-0.4, -0.2) is 26.4 Å². The lowest BCUT2D eigenvalue weighted by atomic mass is 10.1. The first kappa shape index (κ1) is 15.9. The fourth-order valence-corrected chi connectivity index (χ4v) is 3.56. The lowest BCUT2D eigenvalue weighted by molar-refractivity contribution is -0.113. The highest BCUT2D eigenvalue weighted by Crippen LogP contribution is 2.39. The van der Waals surface area contributed by atoms with E-state index >= 15 is 0 Å². The molecule has 1 aliphatic rings. The van der Waals surface area contributed by atoms with E-state index in [1.54, 1.807) is 0 Å². The fourth-order valence-electron chi connectivity index (χ4n) is 2.75. The Morgan fingerprint density at radius 3 is 2.57 bits per heavy atom. The summed E-state index contributed by atoms with van der Waals surface area (Å²) in [7, 11) is 0. The van der Waals surface area contributed by atoms with Gasteiger partial charge in [0.2, 0.25) is 11.9 Å². The van der Waals surface area contributed by atoms with Gasteiger partial charge in [0.1, 0.15) is 0 Å². The van der Waals surface area contributed by atoms with Crippen molar-refractivity contribution < 1.29 is 4.79 Å². The molecule has 1 aliphatic carbocycles. The largest absolute Gasteiger partial charge is 0.368 e. The Morgan fingerprint density at radius 1 is 1.30 bits per heavy atom. The second-order valence-electron chi connectivity index (χ2n) is 6.05. The highest BCUT2D eigenvalue weighted by atomic mass is 32.2. The minimum absolute atomic E-state index is 0.0472. The number of nitrogens with two attached hydrogens (primary N) is 1. The first-order valence-electron chi connectivity index (χ1n) is 7.66. The van der Waals surface area contributed by atoms with Crippen molar-refractivity contribution in [2.24, 2.45) is 0 Å². The topological polar surface area (TPSA) is 85.8 Å². The van der Waals surface area contributed by atoms with Crippen molar-refractivity contribution in [3.63, 3.8) is 0 Å². The van der Waals surface area contributed by atoms with Gasteiger partial charge in [0, 0.05) is 11.7 Å². The maximum Gasteiger partial charge on any atom is 0.234 e. The van der Waals surface area contributed by atoms with E-state index in [0.29, 0.717) is 12.0 Å². The number of amides is 1. The molecule has 0 bridgehead atoms. The molecule has 3 N–H and O–H groups in total. The SMILES string of the molecule is Cc1cc(C)c(NC(=O)CSc2nnc(N)n2C2CC2)c(C)c1. The predicted molar refractivity (Wildman–Crippen MR) is 92.7 cm³/mol. The van der Waals surface area contributed by atoms with Crippen molar-refractivity contribution in [1.82, 2.24) is 14.8 Å². The Balaban J connectivity index is 1.65. The number of hydrogen-bond donors (Lipinski definition) is 2. The number of aryl methyl sites for hydroxylation is 3. The van der Waals surface area contributed by atoms with Crippen LogP contribution in [0.2, 0.25) is 0 Å². The molecule has 6 nitrogen and oxygen atoms in total. The molecular weight excluding hydrogens is 310 g/mol. The Morgan fingerprint density at radius 2 is 1.96 bits per heavy atom. The number of nitrogen functional groups attached to an aromatic ring is 1. The van der Waals surface area contributed by atoms with Crippen molar-refractivity contribution in [2.45, 2.75) is 44.8 Å². The Kier molecular flexibility index (Phi) is 4.30. The minimum Gasteiger partial charge on any atom is -0.368 e. The third kappa shape index (κ3) is 3.50. The van der Waals surface area contributed by atoms with Crippen molar-refractivity contribution in [3.8, 4) is 0 Å². The van der Waals surface area contributed by atoms with E-state index in [9.17, 15) is 4.79 Å². The molecular formula is C16H21N5OS. The molecule has 1 aromatic heterocycles. The molecule has 1 saturated carbocycles. The van der Waals surface area contributed by atoms with Crippen LogP contribution < -0.4 is 11.1 Å². The highest BCUT2D eigenvalue weighted by molar-refractivity contribution is 7.99. The summed E-state index contributed by atoms with van der Waals surface area (Å²) < 4.78 is 1.93. The first-order chi connectivity index (χ1) is 11.0. The molecule has 0 aliphatic heterocycles. The molecule has 2 aromatic rings. The van der Waals surface area contributed by atoms with Crippen LogP contribution >= 0.6 is 11.8 Å². The zero-order valence-corrected chi connectivity index (χ0v) is 14.4. The van der Waals surface area contributed by atoms with Gasteiger partial charge in [-0.15, -0.1) is 10.2 Å². The second-order valence-corrected chi connectivity index (χ2v) is 7.00. The van der Waals surface area contributed by atoms with Gasteiger partial charge >= 0.3 is 0 Å². The average molecular weight is 331 g/mol. The standard InChI is InChI=1S/C16H21N5OS/c1-9-6-10(2)14(11(3)7-9)18-13(22)8-23-16-20-19-15(17)21(16)12-4-5-12/h6-7,12H,4-5,8H2,1-3H3,(H2,17,19)(H,18,22). The lowest BCUT2D eigenvalue weighted by Crippen LogP contribution is -2.16. The third-order valence-corrected chi connectivity index (χ3v) is 4.82. The van der Waals surface area contributed by atoms with Crippen LogP contribution in [0.1, 0.15) is 35.6 Å². The van der Waals surface area contributed by atoms with Gasteiger partial charge in [0.25, 0.3) is 0 Å². The average Bonchev–Trinajstić information content (AvgIpc) is 3.24. The zero-order valence-electron chi connectivity index (χ0n) is 13.6. The summed E-state index contributed by atoms with van der Waals surface area (Å²) in [5.41, 5.74) is 10.1. The predicted octanol–water partition coefficient (Wildman–Crippen LogP) is 2.85. The number of anilines is 2. The second kappa shape index (κ2) is 6.23. The van der Waals surface area contributed by atoms with E-state index in [4.69, 9.17) is 5.73 Å². The third-order valence-electron chi connectivity index (χ3n) is 3.88. The number of carbonyl (C=O) groups excluding carboxylic acids is 1. The molecule has 1 fully saturated rings. The van der Waals surface area contributed by atoms with Crippen LogP contribution in [0.4, 0.5) is 11.6 Å². The van der Waals surface area contributed by atoms with Crippen molar-refractivity contribution in [1.29, 1.82) is 0 Å². The molecule has 122 valence electrons. The number of aromatic nitrogens is 3. The van der Waals surface area contributed by atoms with E-state index in [2.05, 4.69) is 34.6 Å². The van der Waals surface area contributed by atoms with Crippen molar-refractivity contribution in [3.05, 3.63) is 28.8 Å². The lowest BCUT2D eigenvalue weighted by Gasteiger charge is -2.12. The van der Waals surface area contributed by atoms with Gasteiger partial charge in [-0.25, -0.2) is 0 Å². The molecule has 0 saturated heterocycles. The number of rotatable bonds is 5. The molecule has 0 radical (unpaired) electrons. The highest BCUT2D eigenvalue weighted by Gasteiger charge is 2.29. The van der Waals surface area contributed by atoms with E-state index in [0.717, 1.165) is 34.8 Å². The maximum atomic E-state index is 12.3. The van der Waals surface area contributed by atoms with Crippen molar-refractivity contribution >= 4 is 29.3 Å². The van der Waals surface area contributed by atoms with Crippen LogP contribution in [0.15, 0.2) is 17.3 Å². The van der Waals surface area contributed by atoms with Crippen LogP contribution in [0.25, 0.3) is 0 Å². The van der Waals surface area contributed by atoms with Crippen LogP contribution in [0.3, 0.4) is 0 Å². The quantitative estimate of drug-likeness (QED) is 0.823. The van der Waals surface area contributed by atoms with Crippen LogP contribution in [-0.2, 0) is 4.79 Å². The summed E-state index contributed by atoms with van der Waals surface area (Å²) >= 11 is 1.38. The molecule has 7 heteroatoms. The number of benzene rings is 1. The number of carbonyl (C=O) groups is 1. The van der Waals surface area contributed by atoms with E-state index in [1.165, 1.54) is 17.3 Å². The molecule has 0 atom stereocenters. The van der Waals surface area contributed by atoms with Gasteiger partial charge in [-0.3, -0.25) is 9.36 Å². The molecule has 1 heterocycles. The van der Waals surface area contributed by atoms with Crippen molar-refractivity contribution in [2.75, 3.05) is 16.8 Å². The number of nitrogens with one attached hydrogen (secondary N) is 1. The summed E-state index contributed by atoms with van der Waals surface area (Å²) in [6.45, 7) is 6.07. The Labute approximate surface area is 139 Å². The van der Waals surface area contributed by atoms with Gasteiger partial charge in [-0.1, -0.05) is 29.5 Å². The Hall–Kier alpha value is -2.02. The summed E-state index contributed by atoms with van der Waals surface area (Å²) in [5, 5.41) is 11.7. The van der Waals surface area contributed by atoms with Gasteiger partial charge in [-0.05, 0) is 44.7 Å². The van der Waals surface area contributed by atoms with Gasteiger partial charge in [0.15, 0.2) is 5.16 Å². The normalized spacial score (nSPS) is 14.0. The monoisotopic (exact) mass is 331 g/mol. The maximum absolute atomic E-state index is 12.3. The minimum atomic E-state index is -0.0472. The fraction of sp³-hybridized carbons (Fsp3) is 0.438. The number of nitrogens with zero attached hydrogens (tertiary/aromatic N) is 3. The summed E-state index contributed by atoms with van der Waals surface area (Å²) in [4.78, 5) is 12.3. The van der Waals surface area contributed by atoms with Gasteiger partial charge in [0.05, 0.1) is 5.75 Å². The summed E-state index contributed by atoms with van der Waals surface area (Å²) in [6, 6.07) is 4.54. The zero-order chi connectivity index (χ0) is 16.6. The number of thioether (sulfide) groups is 1. The van der Waals surface area contributed by atoms with Crippen LogP contribution in [0.5, 0.6) is 0 Å². The number of hydrogen-bond acceptors (Lipinski definition) is 5. The van der Waals surface area contributed by atoms with E-state index in [-0.39, 0.29) is 11.7 Å². The molecule has 1 amide bonds. The van der Waals surface area contributed by atoms with Gasteiger partial charge in [-0.2, -0.15) is 0 Å². The molecule has 0 unspecified atom stereocenters. The summed E-state index contributed by atoms with van der Waals surface area (Å²) in [6.07, 6.45) is 2.20. The summed E-state index contributed by atoms with van der Waals surface area (Å²) in [5.74, 6) is 0.673.